The number of benzene rings is 2. The number of carbonyl (C=O) groups excluding carboxylic acids is 2. The predicted molar refractivity (Wildman–Crippen MR) is 118 cm³/mol. The Morgan fingerprint density at radius 2 is 1.55 bits per heavy atom. The summed E-state index contributed by atoms with van der Waals surface area (Å²) in [6.45, 7) is 9.19. The number of hydrogen-bond acceptors (Lipinski definition) is 3. The van der Waals surface area contributed by atoms with Crippen LogP contribution in [0.5, 0.6) is 5.75 Å². The maximum Gasteiger partial charge on any atom is 0.336 e. The number of quaternary nitrogens is 2. The molecule has 2 aromatic carbocycles. The zero-order valence-corrected chi connectivity index (χ0v) is 18.6. The van der Waals surface area contributed by atoms with E-state index in [0.717, 1.165) is 49.7 Å². The number of aryl methyl sites for hydroxylation is 1. The molecule has 0 unspecified atom stereocenters. The normalized spacial score (nSPS) is 24.0. The van der Waals surface area contributed by atoms with Gasteiger partial charge in [-0.1, -0.05) is 17.7 Å². The van der Waals surface area contributed by atoms with Crippen molar-refractivity contribution >= 4 is 17.6 Å². The fraction of sp³-hybridized carbons (Fsp3) is 0.417. The second-order valence-electron chi connectivity index (χ2n) is 8.61. The number of methoxy groups -OCH3 is 1. The van der Waals surface area contributed by atoms with E-state index in [0.29, 0.717) is 6.67 Å². The molecule has 2 heterocycles. The number of piperazine rings is 1. The highest BCUT2D eigenvalue weighted by Crippen LogP contribution is 2.25. The van der Waals surface area contributed by atoms with E-state index in [4.69, 9.17) is 4.74 Å². The molecule has 0 saturated carbocycles. The molecule has 31 heavy (non-hydrogen) atoms. The molecule has 2 aliphatic heterocycles. The molecule has 2 saturated heterocycles. The summed E-state index contributed by atoms with van der Waals surface area (Å²) < 4.78 is 5.23. The molecule has 0 radical (unpaired) electrons. The van der Waals surface area contributed by atoms with Crippen LogP contribution < -0.4 is 19.4 Å². The molecule has 2 fully saturated rings. The Labute approximate surface area is 183 Å². The Hall–Kier alpha value is -2.90. The van der Waals surface area contributed by atoms with Crippen LogP contribution in [-0.4, -0.2) is 62.8 Å². The molecule has 2 N–H and O–H groups in total. The molecular formula is C24H32N4O3+2. The van der Waals surface area contributed by atoms with Crippen molar-refractivity contribution in [2.45, 2.75) is 26.4 Å². The average molecular weight is 425 g/mol. The molecule has 164 valence electrons. The Morgan fingerprint density at radius 1 is 0.935 bits per heavy atom. The summed E-state index contributed by atoms with van der Waals surface area (Å²) in [6, 6.07) is 15.3. The summed E-state index contributed by atoms with van der Waals surface area (Å²) in [6.07, 6.45) is 0. The van der Waals surface area contributed by atoms with Crippen molar-refractivity contribution in [3.63, 3.8) is 0 Å². The van der Waals surface area contributed by atoms with E-state index in [9.17, 15) is 9.59 Å². The standard InChI is InChI=1S/C24H30N4O3/c1-18-4-8-21(9-5-18)28-19(2)23(29)27(24(28)30)17-26-14-12-25(13-15-26)16-20-6-10-22(31-3)11-7-20/h4-11,19H,12-17H2,1-3H3/p+2/t19-/m1/s1. The molecule has 7 nitrogen and oxygen atoms in total. The maximum absolute atomic E-state index is 13.0. The van der Waals surface area contributed by atoms with E-state index < -0.39 is 6.04 Å². The minimum Gasteiger partial charge on any atom is -0.497 e. The molecule has 7 heteroatoms. The van der Waals surface area contributed by atoms with Crippen molar-refractivity contribution in [2.75, 3.05) is 44.9 Å². The topological polar surface area (TPSA) is 58.7 Å². The van der Waals surface area contributed by atoms with Crippen molar-refractivity contribution < 1.29 is 24.1 Å². The summed E-state index contributed by atoms with van der Waals surface area (Å²) in [7, 11) is 1.68. The Morgan fingerprint density at radius 3 is 2.16 bits per heavy atom. The summed E-state index contributed by atoms with van der Waals surface area (Å²) >= 11 is 0. The van der Waals surface area contributed by atoms with Gasteiger partial charge in [-0.2, -0.15) is 0 Å². The van der Waals surface area contributed by atoms with Crippen LogP contribution in [0.4, 0.5) is 10.5 Å². The summed E-state index contributed by atoms with van der Waals surface area (Å²) in [5, 5.41) is 0. The Balaban J connectivity index is 1.33. The molecule has 0 spiro atoms. The molecule has 1 atom stereocenters. The molecule has 2 aromatic rings. The lowest BCUT2D eigenvalue weighted by Gasteiger charge is -2.31. The number of hydrogen-bond donors (Lipinski definition) is 2. The van der Waals surface area contributed by atoms with Crippen molar-refractivity contribution in [1.29, 1.82) is 0 Å². The van der Waals surface area contributed by atoms with Gasteiger partial charge in [-0.15, -0.1) is 0 Å². The maximum atomic E-state index is 13.0. The van der Waals surface area contributed by atoms with Crippen molar-refractivity contribution in [3.8, 4) is 5.75 Å². The molecule has 4 rings (SSSR count). The number of amides is 3. The van der Waals surface area contributed by atoms with Crippen LogP contribution in [0.3, 0.4) is 0 Å². The fourth-order valence-corrected chi connectivity index (χ4v) is 4.46. The van der Waals surface area contributed by atoms with Gasteiger partial charge < -0.3 is 14.5 Å². The second kappa shape index (κ2) is 9.08. The fourth-order valence-electron chi connectivity index (χ4n) is 4.46. The van der Waals surface area contributed by atoms with Crippen molar-refractivity contribution in [1.82, 2.24) is 4.90 Å². The van der Waals surface area contributed by atoms with E-state index in [2.05, 4.69) is 12.1 Å². The van der Waals surface area contributed by atoms with Crippen LogP contribution in [0.2, 0.25) is 0 Å². The minimum absolute atomic E-state index is 0.105. The highest BCUT2D eigenvalue weighted by Gasteiger charge is 2.45. The van der Waals surface area contributed by atoms with Gasteiger partial charge in [0.05, 0.1) is 7.11 Å². The SMILES string of the molecule is COc1ccc(C[NH+]2CC[NH+](CN3C(=O)[C@@H](C)N(c4ccc(C)cc4)C3=O)CC2)cc1. The second-order valence-corrected chi connectivity index (χ2v) is 8.61. The first-order chi connectivity index (χ1) is 15.0. The zero-order chi connectivity index (χ0) is 22.0. The molecule has 0 bridgehead atoms. The van der Waals surface area contributed by atoms with Gasteiger partial charge in [-0.25, -0.2) is 9.69 Å². The van der Waals surface area contributed by atoms with Gasteiger partial charge in [0.15, 0.2) is 6.67 Å². The predicted octanol–water partition coefficient (Wildman–Crippen LogP) is 0.102. The van der Waals surface area contributed by atoms with E-state index in [1.807, 2.05) is 50.2 Å². The van der Waals surface area contributed by atoms with E-state index >= 15 is 0 Å². The number of urea groups is 1. The number of carbonyl (C=O) groups is 2. The van der Waals surface area contributed by atoms with Crippen LogP contribution in [-0.2, 0) is 11.3 Å². The first-order valence-electron chi connectivity index (χ1n) is 11.0. The van der Waals surface area contributed by atoms with Gasteiger partial charge in [-0.05, 0) is 50.2 Å². The van der Waals surface area contributed by atoms with E-state index in [1.165, 1.54) is 20.3 Å². The monoisotopic (exact) mass is 424 g/mol. The number of nitrogens with one attached hydrogen (secondary N) is 2. The molecule has 3 amide bonds. The molecule has 2 aliphatic rings. The lowest BCUT2D eigenvalue weighted by Crippen LogP contribution is -3.28. The van der Waals surface area contributed by atoms with E-state index in [1.54, 1.807) is 12.0 Å². The number of rotatable bonds is 6. The van der Waals surface area contributed by atoms with Gasteiger partial charge >= 0.3 is 6.03 Å². The number of anilines is 1. The largest absolute Gasteiger partial charge is 0.497 e. The van der Waals surface area contributed by atoms with Gasteiger partial charge in [0.2, 0.25) is 0 Å². The third-order valence-corrected chi connectivity index (χ3v) is 6.42. The Kier molecular flexibility index (Phi) is 6.25. The summed E-state index contributed by atoms with van der Waals surface area (Å²) in [5.74, 6) is 0.771. The number of nitrogens with zero attached hydrogens (tertiary/aromatic N) is 2. The van der Waals surface area contributed by atoms with Crippen molar-refractivity contribution in [3.05, 3.63) is 59.7 Å². The highest BCUT2D eigenvalue weighted by atomic mass is 16.5. The lowest BCUT2D eigenvalue weighted by molar-refractivity contribution is -1.02. The van der Waals surface area contributed by atoms with Gasteiger partial charge in [0.1, 0.15) is 44.5 Å². The lowest BCUT2D eigenvalue weighted by atomic mass is 10.2. The van der Waals surface area contributed by atoms with Gasteiger partial charge in [0.25, 0.3) is 5.91 Å². The number of ether oxygens (including phenoxy) is 1. The van der Waals surface area contributed by atoms with E-state index in [-0.39, 0.29) is 11.9 Å². The van der Waals surface area contributed by atoms with Crippen LogP contribution in [0, 0.1) is 6.92 Å². The highest BCUT2D eigenvalue weighted by molar-refractivity contribution is 6.13. The Bertz CT molecular complexity index is 921. The smallest absolute Gasteiger partial charge is 0.336 e. The van der Waals surface area contributed by atoms with Gasteiger partial charge in [-0.3, -0.25) is 9.69 Å². The third-order valence-electron chi connectivity index (χ3n) is 6.42. The third kappa shape index (κ3) is 4.57. The van der Waals surface area contributed by atoms with Gasteiger partial charge in [0, 0.05) is 11.3 Å². The summed E-state index contributed by atoms with van der Waals surface area (Å²) in [5.41, 5.74) is 3.21. The van der Waals surface area contributed by atoms with Crippen LogP contribution >= 0.6 is 0 Å². The average Bonchev–Trinajstić information content (AvgIpc) is 2.99. The molecule has 0 aromatic heterocycles. The number of imide groups is 1. The minimum atomic E-state index is -0.461. The first-order valence-corrected chi connectivity index (χ1v) is 11.0. The van der Waals surface area contributed by atoms with Crippen LogP contribution in [0.1, 0.15) is 18.1 Å². The van der Waals surface area contributed by atoms with Crippen LogP contribution in [0.15, 0.2) is 48.5 Å². The molecule has 0 aliphatic carbocycles. The first kappa shape index (κ1) is 21.3. The molecular weight excluding hydrogens is 392 g/mol. The van der Waals surface area contributed by atoms with Crippen molar-refractivity contribution in [2.24, 2.45) is 0 Å². The quantitative estimate of drug-likeness (QED) is 0.647. The zero-order valence-electron chi connectivity index (χ0n) is 18.6. The summed E-state index contributed by atoms with van der Waals surface area (Å²) in [4.78, 5) is 31.8. The van der Waals surface area contributed by atoms with Crippen LogP contribution in [0.25, 0.3) is 0 Å².